The molecule has 0 atom stereocenters. The molecule has 2 aromatic rings. The third kappa shape index (κ3) is 5.35. The highest BCUT2D eigenvalue weighted by molar-refractivity contribution is 9.10. The maximum absolute atomic E-state index is 11.5. The molecule has 0 saturated heterocycles. The molecule has 2 rings (SSSR count). The van der Waals surface area contributed by atoms with Gasteiger partial charge in [-0.2, -0.15) is 11.3 Å². The zero-order chi connectivity index (χ0) is 14.2. The van der Waals surface area contributed by atoms with E-state index in [2.05, 4.69) is 15.9 Å². The van der Waals surface area contributed by atoms with Gasteiger partial charge >= 0.3 is 5.97 Å². The van der Waals surface area contributed by atoms with Gasteiger partial charge in [0.2, 0.25) is 0 Å². The van der Waals surface area contributed by atoms with E-state index in [1.165, 1.54) is 5.56 Å². The second-order valence-electron chi connectivity index (χ2n) is 4.15. The maximum atomic E-state index is 11.5. The minimum atomic E-state index is -0.185. The number of hydrogen-bond acceptors (Lipinski definition) is 4. The lowest BCUT2D eigenvalue weighted by molar-refractivity contribution is -0.144. The van der Waals surface area contributed by atoms with Crippen LogP contribution in [0.5, 0.6) is 5.75 Å². The Kier molecular flexibility index (Phi) is 6.08. The van der Waals surface area contributed by atoms with Gasteiger partial charge in [0.05, 0.1) is 0 Å². The summed E-state index contributed by atoms with van der Waals surface area (Å²) in [5.74, 6) is 0.582. The van der Waals surface area contributed by atoms with E-state index in [-0.39, 0.29) is 12.6 Å². The maximum Gasteiger partial charge on any atom is 0.306 e. The standard InChI is InChI=1S/C15H15BrO3S/c16-13-2-4-14(5-3-13)18-8-9-19-15(17)6-1-12-7-10-20-11-12/h2-5,7,10-11H,1,6,8-9H2. The number of esters is 1. The van der Waals surface area contributed by atoms with Crippen molar-refractivity contribution >= 4 is 33.2 Å². The van der Waals surface area contributed by atoms with Gasteiger partial charge in [0.1, 0.15) is 19.0 Å². The first-order valence-electron chi connectivity index (χ1n) is 6.29. The molecule has 0 aliphatic carbocycles. The molecular formula is C15H15BrO3S. The van der Waals surface area contributed by atoms with Gasteiger partial charge < -0.3 is 9.47 Å². The molecule has 0 N–H and O–H groups in total. The molecular weight excluding hydrogens is 340 g/mol. The predicted molar refractivity (Wildman–Crippen MR) is 83.2 cm³/mol. The van der Waals surface area contributed by atoms with Crippen molar-refractivity contribution in [2.75, 3.05) is 13.2 Å². The molecule has 0 fully saturated rings. The quantitative estimate of drug-likeness (QED) is 0.555. The first-order valence-corrected chi connectivity index (χ1v) is 8.03. The summed E-state index contributed by atoms with van der Waals surface area (Å²) >= 11 is 4.99. The van der Waals surface area contributed by atoms with Crippen molar-refractivity contribution in [1.29, 1.82) is 0 Å². The molecule has 3 nitrogen and oxygen atoms in total. The zero-order valence-corrected chi connectivity index (χ0v) is 13.3. The number of thiophene rings is 1. The highest BCUT2D eigenvalue weighted by Crippen LogP contribution is 2.15. The van der Waals surface area contributed by atoms with Gasteiger partial charge in [-0.05, 0) is 53.1 Å². The lowest BCUT2D eigenvalue weighted by Crippen LogP contribution is -2.12. The van der Waals surface area contributed by atoms with Crippen molar-refractivity contribution in [2.45, 2.75) is 12.8 Å². The molecule has 0 aliphatic rings. The lowest BCUT2D eigenvalue weighted by atomic mass is 10.2. The third-order valence-corrected chi connectivity index (χ3v) is 3.89. The van der Waals surface area contributed by atoms with Crippen LogP contribution in [0.4, 0.5) is 0 Å². The number of halogens is 1. The third-order valence-electron chi connectivity index (χ3n) is 2.63. The lowest BCUT2D eigenvalue weighted by Gasteiger charge is -2.07. The van der Waals surface area contributed by atoms with Crippen molar-refractivity contribution in [3.8, 4) is 5.75 Å². The molecule has 0 radical (unpaired) electrons. The van der Waals surface area contributed by atoms with E-state index in [0.29, 0.717) is 13.0 Å². The molecule has 0 aliphatic heterocycles. The Morgan fingerprint density at radius 3 is 2.65 bits per heavy atom. The van der Waals surface area contributed by atoms with Gasteiger partial charge in [-0.1, -0.05) is 15.9 Å². The van der Waals surface area contributed by atoms with Crippen LogP contribution in [0.15, 0.2) is 45.6 Å². The Bertz CT molecular complexity index is 523. The second-order valence-corrected chi connectivity index (χ2v) is 5.85. The van der Waals surface area contributed by atoms with Crippen molar-refractivity contribution in [1.82, 2.24) is 0 Å². The van der Waals surface area contributed by atoms with Crippen LogP contribution < -0.4 is 4.74 Å². The van der Waals surface area contributed by atoms with Gasteiger partial charge in [0, 0.05) is 10.9 Å². The average Bonchev–Trinajstić information content (AvgIpc) is 2.96. The Hall–Kier alpha value is -1.33. The average molecular weight is 355 g/mol. The summed E-state index contributed by atoms with van der Waals surface area (Å²) in [6.07, 6.45) is 1.14. The molecule has 1 aromatic carbocycles. The molecule has 0 spiro atoms. The van der Waals surface area contributed by atoms with Crippen molar-refractivity contribution in [3.63, 3.8) is 0 Å². The van der Waals surface area contributed by atoms with Crippen LogP contribution in [0.2, 0.25) is 0 Å². The Labute approximate surface area is 130 Å². The van der Waals surface area contributed by atoms with Crippen LogP contribution in [0.25, 0.3) is 0 Å². The minimum Gasteiger partial charge on any atom is -0.490 e. The highest BCUT2D eigenvalue weighted by Gasteiger charge is 2.04. The summed E-state index contributed by atoms with van der Waals surface area (Å²) < 4.78 is 11.6. The predicted octanol–water partition coefficient (Wildman–Crippen LogP) is 4.07. The molecule has 106 valence electrons. The van der Waals surface area contributed by atoms with Crippen molar-refractivity contribution in [2.24, 2.45) is 0 Å². The van der Waals surface area contributed by atoms with Gasteiger partial charge in [0.25, 0.3) is 0 Å². The first kappa shape index (κ1) is 15.1. The van der Waals surface area contributed by atoms with E-state index < -0.39 is 0 Å². The number of ether oxygens (including phenoxy) is 2. The topological polar surface area (TPSA) is 35.5 Å². The van der Waals surface area contributed by atoms with Crippen LogP contribution in [0.3, 0.4) is 0 Å². The van der Waals surface area contributed by atoms with Gasteiger partial charge in [-0.3, -0.25) is 4.79 Å². The fraction of sp³-hybridized carbons (Fsp3) is 0.267. The van der Waals surface area contributed by atoms with E-state index >= 15 is 0 Å². The molecule has 0 saturated carbocycles. The molecule has 1 heterocycles. The fourth-order valence-corrected chi connectivity index (χ4v) is 2.57. The van der Waals surface area contributed by atoms with Crippen LogP contribution >= 0.6 is 27.3 Å². The number of rotatable bonds is 7. The fourth-order valence-electron chi connectivity index (χ4n) is 1.60. The Morgan fingerprint density at radius 1 is 1.15 bits per heavy atom. The number of carbonyl (C=O) groups excluding carboxylic acids is 1. The molecule has 0 bridgehead atoms. The van der Waals surface area contributed by atoms with Crippen LogP contribution in [0.1, 0.15) is 12.0 Å². The van der Waals surface area contributed by atoms with E-state index in [9.17, 15) is 4.79 Å². The summed E-state index contributed by atoms with van der Waals surface area (Å²) in [5, 5.41) is 4.05. The van der Waals surface area contributed by atoms with Gasteiger partial charge in [0.15, 0.2) is 0 Å². The number of carbonyl (C=O) groups is 1. The molecule has 0 amide bonds. The molecule has 20 heavy (non-hydrogen) atoms. The highest BCUT2D eigenvalue weighted by atomic mass is 79.9. The summed E-state index contributed by atoms with van der Waals surface area (Å²) in [4.78, 5) is 11.5. The smallest absolute Gasteiger partial charge is 0.306 e. The minimum absolute atomic E-state index is 0.185. The van der Waals surface area contributed by atoms with Gasteiger partial charge in [-0.15, -0.1) is 0 Å². The Morgan fingerprint density at radius 2 is 1.95 bits per heavy atom. The normalized spacial score (nSPS) is 10.2. The Balaban J connectivity index is 1.58. The van der Waals surface area contributed by atoms with E-state index in [1.807, 2.05) is 41.1 Å². The van der Waals surface area contributed by atoms with E-state index in [4.69, 9.17) is 9.47 Å². The van der Waals surface area contributed by atoms with Crippen molar-refractivity contribution in [3.05, 3.63) is 51.1 Å². The van der Waals surface area contributed by atoms with Crippen LogP contribution in [0, 0.1) is 0 Å². The van der Waals surface area contributed by atoms with E-state index in [1.54, 1.807) is 11.3 Å². The van der Waals surface area contributed by atoms with Crippen LogP contribution in [-0.2, 0) is 16.0 Å². The summed E-state index contributed by atoms with van der Waals surface area (Å²) in [6, 6.07) is 9.56. The second kappa shape index (κ2) is 8.07. The largest absolute Gasteiger partial charge is 0.490 e. The molecule has 5 heteroatoms. The number of hydrogen-bond donors (Lipinski definition) is 0. The molecule has 0 unspecified atom stereocenters. The number of aryl methyl sites for hydroxylation is 1. The monoisotopic (exact) mass is 354 g/mol. The summed E-state index contributed by atoms with van der Waals surface area (Å²) in [6.45, 7) is 0.643. The SMILES string of the molecule is O=C(CCc1ccsc1)OCCOc1ccc(Br)cc1. The van der Waals surface area contributed by atoms with Crippen LogP contribution in [-0.4, -0.2) is 19.2 Å². The van der Waals surface area contributed by atoms with E-state index in [0.717, 1.165) is 16.6 Å². The summed E-state index contributed by atoms with van der Waals surface area (Å²) in [5.41, 5.74) is 1.18. The number of benzene rings is 1. The van der Waals surface area contributed by atoms with Crippen molar-refractivity contribution < 1.29 is 14.3 Å². The zero-order valence-electron chi connectivity index (χ0n) is 10.9. The summed E-state index contributed by atoms with van der Waals surface area (Å²) in [7, 11) is 0. The first-order chi connectivity index (χ1) is 9.74. The molecule has 1 aromatic heterocycles. The van der Waals surface area contributed by atoms with Gasteiger partial charge in [-0.25, -0.2) is 0 Å².